The maximum atomic E-state index is 12.4. The van der Waals surface area contributed by atoms with Crippen LogP contribution in [0.2, 0.25) is 0 Å². The Morgan fingerprint density at radius 3 is 2.76 bits per heavy atom. The number of aromatic amines is 1. The number of fused-ring (bicyclic) bond motifs is 1. The lowest BCUT2D eigenvalue weighted by molar-refractivity contribution is 0.0951. The van der Waals surface area contributed by atoms with Crippen molar-refractivity contribution in [1.82, 2.24) is 20.3 Å². The zero-order valence-electron chi connectivity index (χ0n) is 13.4. The fourth-order valence-corrected chi connectivity index (χ4v) is 2.74. The van der Waals surface area contributed by atoms with Crippen LogP contribution >= 0.6 is 0 Å². The minimum atomic E-state index is -0.0984. The predicted octanol–water partition coefficient (Wildman–Crippen LogP) is 3.55. The monoisotopic (exact) mass is 328 g/mol. The minimum Gasteiger partial charge on any atom is -0.361 e. The van der Waals surface area contributed by atoms with Crippen molar-refractivity contribution in [2.75, 3.05) is 0 Å². The van der Waals surface area contributed by atoms with Crippen LogP contribution in [0.5, 0.6) is 0 Å². The third-order valence-electron chi connectivity index (χ3n) is 4.07. The van der Waals surface area contributed by atoms with E-state index >= 15 is 0 Å². The Morgan fingerprint density at radius 2 is 1.88 bits per heavy atom. The summed E-state index contributed by atoms with van der Waals surface area (Å²) in [5.74, 6) is -0.0984. The summed E-state index contributed by atoms with van der Waals surface area (Å²) in [6.07, 6.45) is 7.09. The molecule has 0 aliphatic rings. The van der Waals surface area contributed by atoms with Gasteiger partial charge in [0.2, 0.25) is 0 Å². The molecule has 0 unspecified atom stereocenters. The Hall–Kier alpha value is -3.47. The quantitative estimate of drug-likeness (QED) is 0.602. The number of hydrogen-bond donors (Lipinski definition) is 2. The molecular formula is C20H16N4O. The maximum Gasteiger partial charge on any atom is 0.251 e. The summed E-state index contributed by atoms with van der Waals surface area (Å²) in [6.45, 7) is 0.447. The second kappa shape index (κ2) is 6.57. The van der Waals surface area contributed by atoms with Crippen LogP contribution < -0.4 is 5.32 Å². The van der Waals surface area contributed by atoms with Crippen molar-refractivity contribution in [3.8, 4) is 11.3 Å². The molecule has 1 aromatic carbocycles. The van der Waals surface area contributed by atoms with E-state index in [9.17, 15) is 4.79 Å². The van der Waals surface area contributed by atoms with Crippen molar-refractivity contribution in [2.24, 2.45) is 0 Å². The van der Waals surface area contributed by atoms with Crippen LogP contribution in [0.1, 0.15) is 15.9 Å². The van der Waals surface area contributed by atoms with E-state index in [2.05, 4.69) is 20.3 Å². The predicted molar refractivity (Wildman–Crippen MR) is 96.9 cm³/mol. The summed E-state index contributed by atoms with van der Waals surface area (Å²) < 4.78 is 0. The van der Waals surface area contributed by atoms with E-state index in [1.165, 1.54) is 0 Å². The lowest BCUT2D eigenvalue weighted by Gasteiger charge is -2.07. The summed E-state index contributed by atoms with van der Waals surface area (Å²) in [7, 11) is 0. The number of amides is 1. The molecule has 0 saturated heterocycles. The fraction of sp³-hybridized carbons (Fsp3) is 0.0500. The molecule has 122 valence electrons. The van der Waals surface area contributed by atoms with Gasteiger partial charge in [-0.05, 0) is 53.4 Å². The van der Waals surface area contributed by atoms with Gasteiger partial charge in [0, 0.05) is 48.0 Å². The molecule has 0 aliphatic heterocycles. The number of nitrogens with zero attached hydrogens (tertiary/aromatic N) is 2. The molecule has 5 nitrogen and oxygen atoms in total. The van der Waals surface area contributed by atoms with Gasteiger partial charge in [-0.25, -0.2) is 0 Å². The first-order chi connectivity index (χ1) is 12.3. The van der Waals surface area contributed by atoms with Crippen LogP contribution in [0.15, 0.2) is 73.3 Å². The minimum absolute atomic E-state index is 0.0984. The SMILES string of the molecule is O=C(NCc1ccnc(-c2ccncc2)c1)c1ccc2cc[nH]c2c1. The van der Waals surface area contributed by atoms with Gasteiger partial charge in [-0.15, -0.1) is 0 Å². The van der Waals surface area contributed by atoms with Gasteiger partial charge in [0.1, 0.15) is 0 Å². The first-order valence-corrected chi connectivity index (χ1v) is 8.00. The summed E-state index contributed by atoms with van der Waals surface area (Å²) in [5.41, 5.74) is 4.45. The van der Waals surface area contributed by atoms with Crippen LogP contribution in [0.4, 0.5) is 0 Å². The van der Waals surface area contributed by atoms with Gasteiger partial charge >= 0.3 is 0 Å². The van der Waals surface area contributed by atoms with Gasteiger partial charge in [0.25, 0.3) is 5.91 Å². The number of hydrogen-bond acceptors (Lipinski definition) is 3. The van der Waals surface area contributed by atoms with E-state index in [4.69, 9.17) is 0 Å². The highest BCUT2D eigenvalue weighted by Crippen LogP contribution is 2.17. The third kappa shape index (κ3) is 3.26. The van der Waals surface area contributed by atoms with Crippen molar-refractivity contribution in [1.29, 1.82) is 0 Å². The average molecular weight is 328 g/mol. The number of aromatic nitrogens is 3. The van der Waals surface area contributed by atoms with E-state index in [0.29, 0.717) is 12.1 Å². The normalized spacial score (nSPS) is 10.7. The molecule has 2 N–H and O–H groups in total. The Labute approximate surface area is 144 Å². The van der Waals surface area contributed by atoms with Crippen molar-refractivity contribution in [3.63, 3.8) is 0 Å². The lowest BCUT2D eigenvalue weighted by Crippen LogP contribution is -2.22. The number of rotatable bonds is 4. The first-order valence-electron chi connectivity index (χ1n) is 8.00. The summed E-state index contributed by atoms with van der Waals surface area (Å²) in [5, 5.41) is 4.05. The Kier molecular flexibility index (Phi) is 3.96. The van der Waals surface area contributed by atoms with Gasteiger partial charge in [0.05, 0.1) is 5.69 Å². The molecule has 0 bridgehead atoms. The molecule has 0 spiro atoms. The Bertz CT molecular complexity index is 1020. The van der Waals surface area contributed by atoms with Crippen LogP contribution in [0.25, 0.3) is 22.2 Å². The lowest BCUT2D eigenvalue weighted by atomic mass is 10.1. The summed E-state index contributed by atoms with van der Waals surface area (Å²) in [4.78, 5) is 23.9. The van der Waals surface area contributed by atoms with E-state index in [1.54, 1.807) is 18.6 Å². The fourth-order valence-electron chi connectivity index (χ4n) is 2.74. The summed E-state index contributed by atoms with van der Waals surface area (Å²) in [6, 6.07) is 15.3. The van der Waals surface area contributed by atoms with Crippen molar-refractivity contribution in [3.05, 3.63) is 84.4 Å². The van der Waals surface area contributed by atoms with Gasteiger partial charge < -0.3 is 10.3 Å². The molecule has 0 fully saturated rings. The zero-order chi connectivity index (χ0) is 17.1. The number of carbonyl (C=O) groups is 1. The molecule has 0 atom stereocenters. The van der Waals surface area contributed by atoms with Crippen LogP contribution in [-0.4, -0.2) is 20.9 Å². The number of nitrogens with one attached hydrogen (secondary N) is 2. The molecule has 25 heavy (non-hydrogen) atoms. The average Bonchev–Trinajstić information content (AvgIpc) is 3.15. The second-order valence-electron chi connectivity index (χ2n) is 5.75. The van der Waals surface area contributed by atoms with E-state index in [1.807, 2.05) is 54.7 Å². The molecule has 1 amide bonds. The van der Waals surface area contributed by atoms with Crippen molar-refractivity contribution in [2.45, 2.75) is 6.54 Å². The summed E-state index contributed by atoms with van der Waals surface area (Å²) >= 11 is 0. The standard InChI is InChI=1S/C20H16N4O/c25-20(17-2-1-15-6-10-23-19(15)12-17)24-13-14-3-9-22-18(11-14)16-4-7-21-8-5-16/h1-12,23H,13H2,(H,24,25). The number of pyridine rings is 2. The third-order valence-corrected chi connectivity index (χ3v) is 4.07. The highest BCUT2D eigenvalue weighted by molar-refractivity contribution is 5.97. The molecular weight excluding hydrogens is 312 g/mol. The number of benzene rings is 1. The van der Waals surface area contributed by atoms with E-state index < -0.39 is 0 Å². The van der Waals surface area contributed by atoms with Crippen LogP contribution in [-0.2, 0) is 6.54 Å². The van der Waals surface area contributed by atoms with Crippen molar-refractivity contribution >= 4 is 16.8 Å². The van der Waals surface area contributed by atoms with Gasteiger partial charge in [-0.2, -0.15) is 0 Å². The Morgan fingerprint density at radius 1 is 1.00 bits per heavy atom. The zero-order valence-corrected chi connectivity index (χ0v) is 13.4. The highest BCUT2D eigenvalue weighted by Gasteiger charge is 2.07. The van der Waals surface area contributed by atoms with Crippen molar-refractivity contribution < 1.29 is 4.79 Å². The largest absolute Gasteiger partial charge is 0.361 e. The first kappa shape index (κ1) is 15.1. The molecule has 3 heterocycles. The molecule has 4 aromatic rings. The van der Waals surface area contributed by atoms with Gasteiger partial charge in [0.15, 0.2) is 0 Å². The van der Waals surface area contributed by atoms with Gasteiger partial charge in [-0.3, -0.25) is 14.8 Å². The van der Waals surface area contributed by atoms with Crippen LogP contribution in [0.3, 0.4) is 0 Å². The maximum absolute atomic E-state index is 12.4. The molecule has 5 heteroatoms. The smallest absolute Gasteiger partial charge is 0.251 e. The number of carbonyl (C=O) groups excluding carboxylic acids is 1. The van der Waals surface area contributed by atoms with E-state index in [0.717, 1.165) is 27.7 Å². The van der Waals surface area contributed by atoms with Crippen LogP contribution in [0, 0.1) is 0 Å². The highest BCUT2D eigenvalue weighted by atomic mass is 16.1. The molecule has 0 radical (unpaired) electrons. The molecule has 0 saturated carbocycles. The Balaban J connectivity index is 1.48. The van der Waals surface area contributed by atoms with Gasteiger partial charge in [-0.1, -0.05) is 6.07 Å². The van der Waals surface area contributed by atoms with E-state index in [-0.39, 0.29) is 5.91 Å². The molecule has 3 aromatic heterocycles. The molecule has 0 aliphatic carbocycles. The topological polar surface area (TPSA) is 70.7 Å². The molecule has 4 rings (SSSR count). The second-order valence-corrected chi connectivity index (χ2v) is 5.75. The number of H-pyrrole nitrogens is 1.